The zero-order chi connectivity index (χ0) is 13.4. The Balaban J connectivity index is 1.99. The maximum atomic E-state index is 12.1. The van der Waals surface area contributed by atoms with Crippen molar-refractivity contribution in [1.82, 2.24) is 14.7 Å². The van der Waals surface area contributed by atoms with E-state index in [1.165, 1.54) is 5.56 Å². The van der Waals surface area contributed by atoms with Gasteiger partial charge < -0.3 is 4.90 Å². The number of hydrogen-bond donors (Lipinski definition) is 0. The van der Waals surface area contributed by atoms with E-state index in [9.17, 15) is 4.79 Å². The van der Waals surface area contributed by atoms with Crippen LogP contribution in [0.2, 0.25) is 0 Å². The molecule has 0 bridgehead atoms. The molecule has 2 aromatic rings. The molecule has 0 saturated carbocycles. The van der Waals surface area contributed by atoms with Gasteiger partial charge in [0.05, 0.1) is 12.2 Å². The van der Waals surface area contributed by atoms with Gasteiger partial charge in [-0.25, -0.2) is 4.68 Å². The third-order valence-corrected chi connectivity index (χ3v) is 3.50. The summed E-state index contributed by atoms with van der Waals surface area (Å²) in [6.45, 7) is 1.45. The van der Waals surface area contributed by atoms with Crippen molar-refractivity contribution in [2.45, 2.75) is 13.0 Å². The van der Waals surface area contributed by atoms with Crippen LogP contribution in [0.1, 0.15) is 11.3 Å². The first kappa shape index (κ1) is 12.1. The number of fused-ring (bicyclic) bond motifs is 3. The van der Waals surface area contributed by atoms with E-state index >= 15 is 0 Å². The molecule has 1 aliphatic carbocycles. The molecule has 0 unspecified atom stereocenters. The monoisotopic (exact) mass is 255 g/mol. The Kier molecular flexibility index (Phi) is 2.95. The van der Waals surface area contributed by atoms with Gasteiger partial charge in [-0.1, -0.05) is 24.3 Å². The molecular weight excluding hydrogens is 238 g/mol. The number of aromatic nitrogens is 2. The molecule has 1 aromatic carbocycles. The van der Waals surface area contributed by atoms with Crippen LogP contribution in [0, 0.1) is 0 Å². The maximum absolute atomic E-state index is 12.1. The van der Waals surface area contributed by atoms with Gasteiger partial charge in [-0.15, -0.1) is 0 Å². The third kappa shape index (κ3) is 2.19. The summed E-state index contributed by atoms with van der Waals surface area (Å²) in [6, 6.07) is 9.93. The van der Waals surface area contributed by atoms with Crippen molar-refractivity contribution < 1.29 is 0 Å². The van der Waals surface area contributed by atoms with E-state index < -0.39 is 0 Å². The fraction of sp³-hybridized carbons (Fsp3) is 0.333. The summed E-state index contributed by atoms with van der Waals surface area (Å²) in [7, 11) is 3.99. The predicted octanol–water partition coefficient (Wildman–Crippen LogP) is 1.38. The lowest BCUT2D eigenvalue weighted by atomic mass is 10.1. The molecule has 1 heterocycles. The number of benzene rings is 1. The standard InChI is InChI=1S/C15H17N3O/c1-17(2)7-8-18-15(19)10-13-12-6-4-3-5-11(12)9-14(13)16-18/h3-6,10H,7-9H2,1-2H3. The molecule has 0 spiro atoms. The minimum Gasteiger partial charge on any atom is -0.308 e. The highest BCUT2D eigenvalue weighted by Gasteiger charge is 2.20. The first-order valence-electron chi connectivity index (χ1n) is 6.49. The lowest BCUT2D eigenvalue weighted by Crippen LogP contribution is -2.28. The molecule has 1 aromatic heterocycles. The molecule has 0 aliphatic heterocycles. The van der Waals surface area contributed by atoms with Crippen molar-refractivity contribution in [3.8, 4) is 11.1 Å². The zero-order valence-corrected chi connectivity index (χ0v) is 11.3. The van der Waals surface area contributed by atoms with E-state index in [0.717, 1.165) is 29.8 Å². The van der Waals surface area contributed by atoms with E-state index in [1.807, 2.05) is 26.2 Å². The smallest absolute Gasteiger partial charge is 0.267 e. The van der Waals surface area contributed by atoms with Crippen molar-refractivity contribution in [3.63, 3.8) is 0 Å². The highest BCUT2D eigenvalue weighted by Crippen LogP contribution is 2.33. The molecule has 4 nitrogen and oxygen atoms in total. The zero-order valence-electron chi connectivity index (χ0n) is 11.3. The molecule has 1 aliphatic rings. The van der Waals surface area contributed by atoms with Gasteiger partial charge in [0.2, 0.25) is 0 Å². The minimum atomic E-state index is -0.0164. The average Bonchev–Trinajstić information content (AvgIpc) is 2.73. The fourth-order valence-corrected chi connectivity index (χ4v) is 2.47. The largest absolute Gasteiger partial charge is 0.308 e. The Hall–Kier alpha value is -1.94. The van der Waals surface area contributed by atoms with Gasteiger partial charge in [-0.05, 0) is 25.2 Å². The molecule has 0 saturated heterocycles. The van der Waals surface area contributed by atoms with Crippen LogP contribution in [0.15, 0.2) is 35.1 Å². The van der Waals surface area contributed by atoms with Crippen LogP contribution in [0.4, 0.5) is 0 Å². The molecule has 4 heteroatoms. The quantitative estimate of drug-likeness (QED) is 0.709. The summed E-state index contributed by atoms with van der Waals surface area (Å²) in [5.74, 6) is 0. The van der Waals surface area contributed by atoms with Crippen LogP contribution in [0.5, 0.6) is 0 Å². The van der Waals surface area contributed by atoms with E-state index in [0.29, 0.717) is 6.54 Å². The Morgan fingerprint density at radius 3 is 2.84 bits per heavy atom. The van der Waals surface area contributed by atoms with Gasteiger partial charge in [0.1, 0.15) is 0 Å². The maximum Gasteiger partial charge on any atom is 0.267 e. The third-order valence-electron chi connectivity index (χ3n) is 3.50. The lowest BCUT2D eigenvalue weighted by Gasteiger charge is -2.11. The number of hydrogen-bond acceptors (Lipinski definition) is 3. The summed E-state index contributed by atoms with van der Waals surface area (Å²) in [5, 5.41) is 4.52. The van der Waals surface area contributed by atoms with Gasteiger partial charge in [0.25, 0.3) is 5.56 Å². The normalized spacial score (nSPS) is 12.6. The van der Waals surface area contributed by atoms with Crippen LogP contribution < -0.4 is 5.56 Å². The summed E-state index contributed by atoms with van der Waals surface area (Å²) in [5.41, 5.74) is 4.41. The molecule has 3 rings (SSSR count). The van der Waals surface area contributed by atoms with Crippen molar-refractivity contribution in [1.29, 1.82) is 0 Å². The minimum absolute atomic E-state index is 0.0164. The van der Waals surface area contributed by atoms with Crippen LogP contribution in [-0.4, -0.2) is 35.3 Å². The lowest BCUT2D eigenvalue weighted by molar-refractivity contribution is 0.366. The van der Waals surface area contributed by atoms with Gasteiger partial charge in [0, 0.05) is 24.6 Å². The van der Waals surface area contributed by atoms with Crippen molar-refractivity contribution in [2.24, 2.45) is 0 Å². The molecule has 98 valence electrons. The summed E-state index contributed by atoms with van der Waals surface area (Å²) >= 11 is 0. The Morgan fingerprint density at radius 2 is 2.05 bits per heavy atom. The second-order valence-electron chi connectivity index (χ2n) is 5.20. The second kappa shape index (κ2) is 4.63. The number of rotatable bonds is 3. The summed E-state index contributed by atoms with van der Waals surface area (Å²) in [6.07, 6.45) is 0.827. The summed E-state index contributed by atoms with van der Waals surface area (Å²) in [4.78, 5) is 14.1. The number of likely N-dealkylation sites (N-methyl/N-ethyl adjacent to an activating group) is 1. The highest BCUT2D eigenvalue weighted by atomic mass is 16.1. The fourth-order valence-electron chi connectivity index (χ4n) is 2.47. The molecule has 0 N–H and O–H groups in total. The van der Waals surface area contributed by atoms with Crippen LogP contribution >= 0.6 is 0 Å². The first-order valence-corrected chi connectivity index (χ1v) is 6.49. The molecule has 0 amide bonds. The van der Waals surface area contributed by atoms with Gasteiger partial charge in [-0.3, -0.25) is 4.79 Å². The van der Waals surface area contributed by atoms with Crippen LogP contribution in [0.3, 0.4) is 0 Å². The molecule has 19 heavy (non-hydrogen) atoms. The SMILES string of the molecule is CN(C)CCn1nc2c(cc1=O)-c1ccccc1C2. The van der Waals surface area contributed by atoms with E-state index in [2.05, 4.69) is 22.1 Å². The van der Waals surface area contributed by atoms with E-state index in [1.54, 1.807) is 10.7 Å². The van der Waals surface area contributed by atoms with Crippen molar-refractivity contribution in [2.75, 3.05) is 20.6 Å². The van der Waals surface area contributed by atoms with E-state index in [4.69, 9.17) is 0 Å². The first-order chi connectivity index (χ1) is 9.15. The van der Waals surface area contributed by atoms with Gasteiger partial charge in [-0.2, -0.15) is 5.10 Å². The topological polar surface area (TPSA) is 38.1 Å². The Morgan fingerprint density at radius 1 is 1.26 bits per heavy atom. The number of nitrogens with zero attached hydrogens (tertiary/aromatic N) is 3. The average molecular weight is 255 g/mol. The highest BCUT2D eigenvalue weighted by molar-refractivity contribution is 5.74. The molecule has 0 atom stereocenters. The van der Waals surface area contributed by atoms with Gasteiger partial charge in [0.15, 0.2) is 0 Å². The predicted molar refractivity (Wildman–Crippen MR) is 75.3 cm³/mol. The Bertz CT molecular complexity index is 673. The Labute approximate surface area is 112 Å². The molecule has 0 radical (unpaired) electrons. The molecular formula is C15H17N3O. The van der Waals surface area contributed by atoms with Crippen LogP contribution in [-0.2, 0) is 13.0 Å². The van der Waals surface area contributed by atoms with Crippen molar-refractivity contribution >= 4 is 0 Å². The second-order valence-corrected chi connectivity index (χ2v) is 5.20. The van der Waals surface area contributed by atoms with Crippen LogP contribution in [0.25, 0.3) is 11.1 Å². The van der Waals surface area contributed by atoms with E-state index in [-0.39, 0.29) is 5.56 Å². The van der Waals surface area contributed by atoms with Gasteiger partial charge >= 0.3 is 0 Å². The summed E-state index contributed by atoms with van der Waals surface area (Å²) < 4.78 is 1.57. The molecule has 0 fully saturated rings. The van der Waals surface area contributed by atoms with Crippen molar-refractivity contribution in [3.05, 3.63) is 51.9 Å².